The van der Waals surface area contributed by atoms with E-state index < -0.39 is 10.0 Å². The van der Waals surface area contributed by atoms with E-state index in [1.807, 2.05) is 43.3 Å². The molecule has 3 aromatic carbocycles. The van der Waals surface area contributed by atoms with Gasteiger partial charge in [-0.1, -0.05) is 36.4 Å². The van der Waals surface area contributed by atoms with Gasteiger partial charge in [0.1, 0.15) is 5.75 Å². The van der Waals surface area contributed by atoms with Crippen molar-refractivity contribution in [1.29, 1.82) is 0 Å². The van der Waals surface area contributed by atoms with Crippen LogP contribution in [0.4, 0.5) is 5.69 Å². The summed E-state index contributed by atoms with van der Waals surface area (Å²) in [6.45, 7) is 2.69. The first-order valence-electron chi connectivity index (χ1n) is 9.54. The Morgan fingerprint density at radius 3 is 2.33 bits per heavy atom. The fourth-order valence-corrected chi connectivity index (χ4v) is 4.08. The van der Waals surface area contributed by atoms with Crippen LogP contribution in [0.15, 0.2) is 83.8 Å². The molecule has 0 aliphatic rings. The van der Waals surface area contributed by atoms with Gasteiger partial charge in [-0.15, -0.1) is 0 Å². The molecule has 1 amide bonds. The van der Waals surface area contributed by atoms with Crippen LogP contribution in [0.3, 0.4) is 0 Å². The first-order chi connectivity index (χ1) is 14.4. The van der Waals surface area contributed by atoms with Gasteiger partial charge in [0.2, 0.25) is 10.0 Å². The van der Waals surface area contributed by atoms with Crippen molar-refractivity contribution in [3.8, 4) is 5.75 Å². The van der Waals surface area contributed by atoms with Crippen LogP contribution < -0.4 is 10.1 Å². The Balaban J connectivity index is 1.70. The molecule has 0 saturated heterocycles. The molecule has 1 N–H and O–H groups in total. The van der Waals surface area contributed by atoms with Crippen molar-refractivity contribution < 1.29 is 17.9 Å². The minimum absolute atomic E-state index is 0.135. The van der Waals surface area contributed by atoms with Crippen molar-refractivity contribution in [2.75, 3.05) is 19.0 Å². The zero-order chi connectivity index (χ0) is 21.6. The van der Waals surface area contributed by atoms with Crippen molar-refractivity contribution in [3.63, 3.8) is 0 Å². The molecule has 0 aromatic heterocycles. The summed E-state index contributed by atoms with van der Waals surface area (Å²) in [5.74, 6) is 0.337. The summed E-state index contributed by atoms with van der Waals surface area (Å²) in [6.07, 6.45) is 0. The quantitative estimate of drug-likeness (QED) is 0.589. The third-order valence-electron chi connectivity index (χ3n) is 4.48. The molecule has 30 heavy (non-hydrogen) atoms. The molecule has 3 rings (SSSR count). The van der Waals surface area contributed by atoms with Gasteiger partial charge in [-0.2, -0.15) is 4.31 Å². The summed E-state index contributed by atoms with van der Waals surface area (Å²) in [5.41, 5.74) is 1.86. The summed E-state index contributed by atoms with van der Waals surface area (Å²) in [4.78, 5) is 12.6. The van der Waals surface area contributed by atoms with E-state index in [1.165, 1.54) is 35.6 Å². The lowest BCUT2D eigenvalue weighted by Crippen LogP contribution is -2.26. The van der Waals surface area contributed by atoms with Crippen LogP contribution in [0.1, 0.15) is 22.8 Å². The fourth-order valence-electron chi connectivity index (χ4n) is 2.92. The van der Waals surface area contributed by atoms with E-state index in [0.717, 1.165) is 5.56 Å². The average Bonchev–Trinajstić information content (AvgIpc) is 2.75. The van der Waals surface area contributed by atoms with Crippen molar-refractivity contribution in [1.82, 2.24) is 4.31 Å². The second kappa shape index (κ2) is 9.56. The molecule has 0 radical (unpaired) electrons. The van der Waals surface area contributed by atoms with Crippen LogP contribution in [0.25, 0.3) is 0 Å². The fraction of sp³-hybridized carbons (Fsp3) is 0.174. The Morgan fingerprint density at radius 1 is 0.967 bits per heavy atom. The maximum Gasteiger partial charge on any atom is 0.255 e. The van der Waals surface area contributed by atoms with E-state index >= 15 is 0 Å². The minimum atomic E-state index is -3.67. The molecule has 3 aromatic rings. The van der Waals surface area contributed by atoms with Gasteiger partial charge >= 0.3 is 0 Å². The number of sulfonamides is 1. The smallest absolute Gasteiger partial charge is 0.255 e. The molecule has 0 heterocycles. The van der Waals surface area contributed by atoms with Crippen molar-refractivity contribution in [2.45, 2.75) is 18.4 Å². The highest BCUT2D eigenvalue weighted by molar-refractivity contribution is 7.89. The van der Waals surface area contributed by atoms with Gasteiger partial charge in [0, 0.05) is 30.9 Å². The summed E-state index contributed by atoms with van der Waals surface area (Å²) in [5, 5.41) is 2.79. The van der Waals surface area contributed by atoms with Crippen LogP contribution in [0.5, 0.6) is 5.75 Å². The third-order valence-corrected chi connectivity index (χ3v) is 6.29. The van der Waals surface area contributed by atoms with E-state index in [1.54, 1.807) is 18.2 Å². The maximum absolute atomic E-state index is 12.8. The first-order valence-corrected chi connectivity index (χ1v) is 11.0. The molecule has 7 heteroatoms. The van der Waals surface area contributed by atoms with E-state index in [0.29, 0.717) is 23.6 Å². The van der Waals surface area contributed by atoms with E-state index in [-0.39, 0.29) is 17.3 Å². The Morgan fingerprint density at radius 2 is 1.67 bits per heavy atom. The summed E-state index contributed by atoms with van der Waals surface area (Å²) in [6, 6.07) is 22.4. The van der Waals surface area contributed by atoms with Crippen LogP contribution in [0, 0.1) is 0 Å². The Labute approximate surface area is 177 Å². The Bertz CT molecular complexity index is 1100. The average molecular weight is 425 g/mol. The minimum Gasteiger partial charge on any atom is -0.494 e. The number of hydrogen-bond acceptors (Lipinski definition) is 4. The molecule has 6 nitrogen and oxygen atoms in total. The number of hydrogen-bond donors (Lipinski definition) is 1. The molecular formula is C23H24N2O4S. The number of nitrogens with one attached hydrogen (secondary N) is 1. The number of carbonyl (C=O) groups is 1. The second-order valence-electron chi connectivity index (χ2n) is 6.69. The van der Waals surface area contributed by atoms with Gasteiger partial charge < -0.3 is 10.1 Å². The molecule has 0 spiro atoms. The number of amides is 1. The zero-order valence-corrected chi connectivity index (χ0v) is 17.7. The lowest BCUT2D eigenvalue weighted by atomic mass is 10.2. The van der Waals surface area contributed by atoms with Gasteiger partial charge in [0.05, 0.1) is 11.5 Å². The summed E-state index contributed by atoms with van der Waals surface area (Å²) < 4.78 is 32.4. The highest BCUT2D eigenvalue weighted by atomic mass is 32.2. The monoisotopic (exact) mass is 424 g/mol. The lowest BCUT2D eigenvalue weighted by molar-refractivity contribution is 0.102. The highest BCUT2D eigenvalue weighted by Gasteiger charge is 2.21. The zero-order valence-electron chi connectivity index (χ0n) is 16.9. The third kappa shape index (κ3) is 5.25. The van der Waals surface area contributed by atoms with Crippen LogP contribution in [-0.4, -0.2) is 32.3 Å². The standard InChI is InChI=1S/C23H24N2O4S/c1-3-29-21-11-7-10-20(16-21)24-23(26)19-12-14-22(15-13-19)30(27,28)25(2)17-18-8-5-4-6-9-18/h4-16H,3,17H2,1-2H3,(H,24,26). The van der Waals surface area contributed by atoms with Crippen molar-refractivity contribution >= 4 is 21.6 Å². The second-order valence-corrected chi connectivity index (χ2v) is 8.73. The van der Waals surface area contributed by atoms with Crippen molar-refractivity contribution in [3.05, 3.63) is 90.0 Å². The lowest BCUT2D eigenvalue weighted by Gasteiger charge is -2.17. The molecule has 0 aliphatic heterocycles. The molecule has 0 fully saturated rings. The molecule has 0 bridgehead atoms. The molecule has 156 valence electrons. The SMILES string of the molecule is CCOc1cccc(NC(=O)c2ccc(S(=O)(=O)N(C)Cc3ccccc3)cc2)c1. The Kier molecular flexibility index (Phi) is 6.87. The number of carbonyl (C=O) groups excluding carboxylic acids is 1. The van der Waals surface area contributed by atoms with E-state index in [2.05, 4.69) is 5.32 Å². The summed E-state index contributed by atoms with van der Waals surface area (Å²) >= 11 is 0. The molecule has 0 saturated carbocycles. The highest BCUT2D eigenvalue weighted by Crippen LogP contribution is 2.20. The normalized spacial score (nSPS) is 11.3. The van der Waals surface area contributed by atoms with Crippen molar-refractivity contribution in [2.24, 2.45) is 0 Å². The predicted octanol–water partition coefficient (Wildman–Crippen LogP) is 4.16. The van der Waals surface area contributed by atoms with E-state index in [4.69, 9.17) is 4.74 Å². The first kappa shape index (κ1) is 21.5. The molecular weight excluding hydrogens is 400 g/mol. The molecule has 0 atom stereocenters. The van der Waals surface area contributed by atoms with Gasteiger partial charge in [0.25, 0.3) is 5.91 Å². The number of nitrogens with zero attached hydrogens (tertiary/aromatic N) is 1. The largest absolute Gasteiger partial charge is 0.494 e. The van der Waals surface area contributed by atoms with Gasteiger partial charge in [-0.05, 0) is 48.9 Å². The maximum atomic E-state index is 12.8. The van der Waals surface area contributed by atoms with Gasteiger partial charge in [-0.3, -0.25) is 4.79 Å². The number of benzene rings is 3. The summed E-state index contributed by atoms with van der Waals surface area (Å²) in [7, 11) is -2.13. The Hall–Kier alpha value is -3.16. The van der Waals surface area contributed by atoms with E-state index in [9.17, 15) is 13.2 Å². The van der Waals surface area contributed by atoms with Crippen LogP contribution in [-0.2, 0) is 16.6 Å². The number of rotatable bonds is 8. The molecule has 0 aliphatic carbocycles. The molecule has 0 unspecified atom stereocenters. The predicted molar refractivity (Wildman–Crippen MR) is 117 cm³/mol. The van der Waals surface area contributed by atoms with Gasteiger partial charge in [0.15, 0.2) is 0 Å². The van der Waals surface area contributed by atoms with Crippen LogP contribution in [0.2, 0.25) is 0 Å². The number of ether oxygens (including phenoxy) is 1. The van der Waals surface area contributed by atoms with Gasteiger partial charge in [-0.25, -0.2) is 8.42 Å². The van der Waals surface area contributed by atoms with Crippen LogP contribution >= 0.6 is 0 Å². The topological polar surface area (TPSA) is 75.7 Å². The number of anilines is 1.